The van der Waals surface area contributed by atoms with Crippen LogP contribution >= 0.6 is 0 Å². The van der Waals surface area contributed by atoms with Crippen LogP contribution in [-0.2, 0) is 0 Å². The summed E-state index contributed by atoms with van der Waals surface area (Å²) in [6.07, 6.45) is 2.43. The summed E-state index contributed by atoms with van der Waals surface area (Å²) in [6.45, 7) is 4.28. The first-order valence-electron chi connectivity index (χ1n) is 8.48. The molecule has 5 nitrogen and oxygen atoms in total. The van der Waals surface area contributed by atoms with Crippen LogP contribution in [-0.4, -0.2) is 54.4 Å². The number of nitrogens with zero attached hydrogens (tertiary/aromatic N) is 4. The number of carbonyl (C=O) groups is 1. The Morgan fingerprint density at radius 1 is 0.960 bits per heavy atom. The summed E-state index contributed by atoms with van der Waals surface area (Å²) >= 11 is 0. The maximum atomic E-state index is 11.1. The van der Waals surface area contributed by atoms with Crippen LogP contribution < -0.4 is 4.90 Å². The molecule has 0 spiro atoms. The highest BCUT2D eigenvalue weighted by atomic mass is 16.1. The van der Waals surface area contributed by atoms with Crippen molar-refractivity contribution >= 4 is 22.9 Å². The van der Waals surface area contributed by atoms with Gasteiger partial charge in [-0.1, -0.05) is 12.1 Å². The van der Waals surface area contributed by atoms with Gasteiger partial charge < -0.3 is 9.80 Å². The molecule has 126 valence electrons. The molecule has 25 heavy (non-hydrogen) atoms. The van der Waals surface area contributed by atoms with E-state index < -0.39 is 0 Å². The summed E-state index contributed by atoms with van der Waals surface area (Å²) in [5, 5.41) is 0.902. The molecule has 1 aliphatic heterocycles. The van der Waals surface area contributed by atoms with Crippen LogP contribution in [0.15, 0.2) is 48.8 Å². The van der Waals surface area contributed by atoms with Crippen LogP contribution in [0.2, 0.25) is 0 Å². The van der Waals surface area contributed by atoms with Gasteiger partial charge in [0, 0.05) is 48.4 Å². The first kappa shape index (κ1) is 15.7. The number of carbonyl (C=O) groups excluding carboxylic acids is 1. The zero-order chi connectivity index (χ0) is 17.2. The number of aromatic nitrogens is 2. The Hall–Kier alpha value is -2.79. The largest absolute Gasteiger partial charge is 0.369 e. The Labute approximate surface area is 146 Å². The molecule has 1 saturated heterocycles. The third kappa shape index (κ3) is 3.10. The second-order valence-electron chi connectivity index (χ2n) is 6.45. The van der Waals surface area contributed by atoms with E-state index in [1.807, 2.05) is 12.1 Å². The third-order valence-corrected chi connectivity index (χ3v) is 4.80. The number of anilines is 1. The van der Waals surface area contributed by atoms with Crippen LogP contribution in [0, 0.1) is 0 Å². The average molecular weight is 332 g/mol. The molecule has 2 heterocycles. The van der Waals surface area contributed by atoms with E-state index in [1.165, 1.54) is 5.69 Å². The molecule has 0 radical (unpaired) electrons. The second-order valence-corrected chi connectivity index (χ2v) is 6.45. The molecular weight excluding hydrogens is 312 g/mol. The van der Waals surface area contributed by atoms with Crippen LogP contribution in [0.25, 0.3) is 22.2 Å². The number of aldehydes is 1. The highest BCUT2D eigenvalue weighted by Crippen LogP contribution is 2.28. The Morgan fingerprint density at radius 3 is 2.44 bits per heavy atom. The smallest absolute Gasteiger partial charge is 0.150 e. The highest BCUT2D eigenvalue weighted by molar-refractivity contribution is 5.95. The normalized spacial score (nSPS) is 15.5. The number of hydrogen-bond acceptors (Lipinski definition) is 5. The van der Waals surface area contributed by atoms with Gasteiger partial charge in [-0.05, 0) is 37.4 Å². The van der Waals surface area contributed by atoms with E-state index in [2.05, 4.69) is 51.1 Å². The number of hydrogen-bond donors (Lipinski definition) is 0. The lowest BCUT2D eigenvalue weighted by Gasteiger charge is -2.34. The summed E-state index contributed by atoms with van der Waals surface area (Å²) in [6, 6.07) is 14.0. The topological polar surface area (TPSA) is 49.3 Å². The van der Waals surface area contributed by atoms with Crippen LogP contribution in [0.3, 0.4) is 0 Å². The number of fused-ring (bicyclic) bond motifs is 1. The van der Waals surface area contributed by atoms with Gasteiger partial charge in [0.15, 0.2) is 0 Å². The molecule has 5 heteroatoms. The van der Waals surface area contributed by atoms with Crippen molar-refractivity contribution in [3.05, 3.63) is 54.4 Å². The molecule has 0 atom stereocenters. The van der Waals surface area contributed by atoms with E-state index in [9.17, 15) is 4.79 Å². The van der Waals surface area contributed by atoms with Crippen LogP contribution in [0.5, 0.6) is 0 Å². The van der Waals surface area contributed by atoms with E-state index >= 15 is 0 Å². The van der Waals surface area contributed by atoms with Gasteiger partial charge >= 0.3 is 0 Å². The van der Waals surface area contributed by atoms with E-state index in [-0.39, 0.29) is 0 Å². The molecule has 1 aromatic heterocycles. The lowest BCUT2D eigenvalue weighted by atomic mass is 10.0. The molecule has 0 unspecified atom stereocenters. The molecule has 0 saturated carbocycles. The van der Waals surface area contributed by atoms with Gasteiger partial charge in [-0.3, -0.25) is 4.79 Å². The molecule has 0 aliphatic carbocycles. The van der Waals surface area contributed by atoms with Gasteiger partial charge in [0.2, 0.25) is 0 Å². The maximum Gasteiger partial charge on any atom is 0.150 e. The third-order valence-electron chi connectivity index (χ3n) is 4.80. The van der Waals surface area contributed by atoms with Gasteiger partial charge in [-0.25, -0.2) is 9.97 Å². The van der Waals surface area contributed by atoms with Crippen molar-refractivity contribution in [1.29, 1.82) is 0 Å². The molecule has 1 aliphatic rings. The molecule has 0 amide bonds. The molecular formula is C20H20N4O. The summed E-state index contributed by atoms with van der Waals surface area (Å²) in [7, 11) is 2.16. The second kappa shape index (κ2) is 6.61. The number of rotatable bonds is 3. The average Bonchev–Trinajstić information content (AvgIpc) is 2.68. The van der Waals surface area contributed by atoms with Crippen LogP contribution in [0.4, 0.5) is 5.69 Å². The predicted molar refractivity (Wildman–Crippen MR) is 100 cm³/mol. The summed E-state index contributed by atoms with van der Waals surface area (Å²) in [4.78, 5) is 24.6. The van der Waals surface area contributed by atoms with E-state index in [0.29, 0.717) is 5.56 Å². The standard InChI is InChI=1S/C20H20N4O/c1-23-8-10-24(11-9-23)17-5-3-16(4-6-17)20-18-12-15(13-25)2-7-19(18)21-14-22-20/h2-7,12-14H,8-11H2,1H3. The van der Waals surface area contributed by atoms with Gasteiger partial charge in [-0.15, -0.1) is 0 Å². The van der Waals surface area contributed by atoms with Gasteiger partial charge in [0.25, 0.3) is 0 Å². The fourth-order valence-corrected chi connectivity index (χ4v) is 3.27. The van der Waals surface area contributed by atoms with Crippen molar-refractivity contribution in [2.45, 2.75) is 0 Å². The molecule has 4 rings (SSSR count). The Balaban J connectivity index is 1.68. The van der Waals surface area contributed by atoms with Gasteiger partial charge in [0.1, 0.15) is 12.6 Å². The monoisotopic (exact) mass is 332 g/mol. The summed E-state index contributed by atoms with van der Waals surface area (Å²) in [5.41, 5.74) is 4.62. The van der Waals surface area contributed by atoms with Crippen molar-refractivity contribution in [3.63, 3.8) is 0 Å². The van der Waals surface area contributed by atoms with Gasteiger partial charge in [-0.2, -0.15) is 0 Å². The van der Waals surface area contributed by atoms with E-state index in [0.717, 1.165) is 54.6 Å². The predicted octanol–water partition coefficient (Wildman–Crippen LogP) is 2.86. The number of likely N-dealkylation sites (N-methyl/N-ethyl adjacent to an activating group) is 1. The van der Waals surface area contributed by atoms with Crippen molar-refractivity contribution in [2.24, 2.45) is 0 Å². The number of piperazine rings is 1. The summed E-state index contributed by atoms with van der Waals surface area (Å²) in [5.74, 6) is 0. The highest BCUT2D eigenvalue weighted by Gasteiger charge is 2.14. The lowest BCUT2D eigenvalue weighted by molar-refractivity contribution is 0.112. The zero-order valence-corrected chi connectivity index (χ0v) is 14.2. The SMILES string of the molecule is CN1CCN(c2ccc(-c3ncnc4ccc(C=O)cc34)cc2)CC1. The van der Waals surface area contributed by atoms with E-state index in [1.54, 1.807) is 12.4 Å². The van der Waals surface area contributed by atoms with Gasteiger partial charge in [0.05, 0.1) is 11.2 Å². The quantitative estimate of drug-likeness (QED) is 0.690. The molecule has 1 fully saturated rings. The van der Waals surface area contributed by atoms with Crippen molar-refractivity contribution in [1.82, 2.24) is 14.9 Å². The molecule has 0 N–H and O–H groups in total. The molecule has 0 bridgehead atoms. The minimum absolute atomic E-state index is 0.637. The van der Waals surface area contributed by atoms with Crippen LogP contribution in [0.1, 0.15) is 10.4 Å². The Bertz CT molecular complexity index is 899. The Kier molecular flexibility index (Phi) is 4.15. The lowest BCUT2D eigenvalue weighted by Crippen LogP contribution is -2.44. The molecule has 2 aromatic carbocycles. The zero-order valence-electron chi connectivity index (χ0n) is 14.2. The summed E-state index contributed by atoms with van der Waals surface area (Å²) < 4.78 is 0. The van der Waals surface area contributed by atoms with Crippen molar-refractivity contribution in [3.8, 4) is 11.3 Å². The first-order valence-corrected chi connectivity index (χ1v) is 8.48. The number of benzene rings is 2. The Morgan fingerprint density at radius 2 is 1.72 bits per heavy atom. The van der Waals surface area contributed by atoms with Crippen molar-refractivity contribution < 1.29 is 4.79 Å². The first-order chi connectivity index (χ1) is 12.2. The minimum atomic E-state index is 0.637. The van der Waals surface area contributed by atoms with E-state index in [4.69, 9.17) is 0 Å². The molecule has 3 aromatic rings. The maximum absolute atomic E-state index is 11.1. The van der Waals surface area contributed by atoms with Crippen molar-refractivity contribution in [2.75, 3.05) is 38.1 Å². The fourth-order valence-electron chi connectivity index (χ4n) is 3.27. The fraction of sp³-hybridized carbons (Fsp3) is 0.250. The minimum Gasteiger partial charge on any atom is -0.369 e.